The molecule has 2 saturated heterocycles. The zero-order valence-corrected chi connectivity index (χ0v) is 17.3. The van der Waals surface area contributed by atoms with E-state index in [0.29, 0.717) is 41.7 Å². The van der Waals surface area contributed by atoms with Crippen LogP contribution in [0.1, 0.15) is 36.5 Å². The first-order valence-corrected chi connectivity index (χ1v) is 10.8. The molecule has 3 aliphatic rings. The molecule has 2 fully saturated rings. The van der Waals surface area contributed by atoms with E-state index in [1.807, 2.05) is 18.2 Å². The molecule has 2 bridgehead atoms. The van der Waals surface area contributed by atoms with Gasteiger partial charge in [-0.25, -0.2) is 4.39 Å². The Hall–Kier alpha value is -2.84. The Morgan fingerprint density at radius 2 is 1.97 bits per heavy atom. The third kappa shape index (κ3) is 2.96. The van der Waals surface area contributed by atoms with Crippen molar-refractivity contribution in [3.63, 3.8) is 0 Å². The Kier molecular flexibility index (Phi) is 4.33. The number of rotatable bonds is 3. The van der Waals surface area contributed by atoms with Gasteiger partial charge in [0.25, 0.3) is 0 Å². The lowest BCUT2D eigenvalue weighted by molar-refractivity contribution is 0.180. The molecular weight excluding hydrogens is 397 g/mol. The minimum Gasteiger partial charge on any atom is -0.467 e. The van der Waals surface area contributed by atoms with E-state index in [4.69, 9.17) is 4.74 Å². The van der Waals surface area contributed by atoms with Crippen molar-refractivity contribution in [3.8, 4) is 17.3 Å². The maximum absolute atomic E-state index is 15.8. The van der Waals surface area contributed by atoms with Gasteiger partial charge in [0.15, 0.2) is 5.82 Å². The minimum absolute atomic E-state index is 0.151. The van der Waals surface area contributed by atoms with E-state index in [1.165, 1.54) is 7.11 Å². The summed E-state index contributed by atoms with van der Waals surface area (Å²) >= 11 is 0. The predicted molar refractivity (Wildman–Crippen MR) is 115 cm³/mol. The summed E-state index contributed by atoms with van der Waals surface area (Å²) in [5.41, 5.74) is 3.00. The quantitative estimate of drug-likeness (QED) is 0.673. The second-order valence-electron chi connectivity index (χ2n) is 8.69. The zero-order chi connectivity index (χ0) is 21.1. The first-order chi connectivity index (χ1) is 15.1. The number of aliphatic hydroxyl groups excluding tert-OH is 1. The molecule has 6 rings (SSSR count). The standard InChI is InChI=1S/C23H24FN5O2/c1-31-23-27-21-17(22(28-23)29-10-12-5-6-13(11-29)26-12)9-25-20(19(21)24)16-4-2-3-15-14(16)7-8-18(15)30/h2-4,9,12-13,18,26,30H,5-8,10-11H2,1H3. The number of hydrogen-bond donors (Lipinski definition) is 2. The largest absolute Gasteiger partial charge is 0.467 e. The highest BCUT2D eigenvalue weighted by atomic mass is 19.1. The Morgan fingerprint density at radius 3 is 2.74 bits per heavy atom. The number of fused-ring (bicyclic) bond motifs is 4. The summed E-state index contributed by atoms with van der Waals surface area (Å²) in [5, 5.41) is 14.4. The Balaban J connectivity index is 1.51. The van der Waals surface area contributed by atoms with E-state index < -0.39 is 11.9 Å². The number of aliphatic hydroxyl groups is 1. The average molecular weight is 421 g/mol. The van der Waals surface area contributed by atoms with Crippen molar-refractivity contribution in [2.24, 2.45) is 0 Å². The van der Waals surface area contributed by atoms with Crippen LogP contribution in [-0.2, 0) is 6.42 Å². The molecule has 2 aromatic heterocycles. The van der Waals surface area contributed by atoms with Gasteiger partial charge in [-0.2, -0.15) is 9.97 Å². The van der Waals surface area contributed by atoms with Gasteiger partial charge in [0.1, 0.15) is 17.0 Å². The van der Waals surface area contributed by atoms with Crippen LogP contribution in [0.2, 0.25) is 0 Å². The highest BCUT2D eigenvalue weighted by molar-refractivity contribution is 5.92. The number of anilines is 1. The van der Waals surface area contributed by atoms with Crippen molar-refractivity contribution in [2.45, 2.75) is 43.9 Å². The van der Waals surface area contributed by atoms with E-state index in [1.54, 1.807) is 6.20 Å². The summed E-state index contributed by atoms with van der Waals surface area (Å²) < 4.78 is 21.2. The number of halogens is 1. The Labute approximate surface area is 179 Å². The Bertz CT molecular complexity index is 1170. The molecule has 0 saturated carbocycles. The highest BCUT2D eigenvalue weighted by Crippen LogP contribution is 2.39. The molecule has 4 heterocycles. The van der Waals surface area contributed by atoms with Crippen LogP contribution in [0, 0.1) is 5.82 Å². The van der Waals surface area contributed by atoms with E-state index in [9.17, 15) is 5.11 Å². The van der Waals surface area contributed by atoms with Crippen molar-refractivity contribution >= 4 is 16.7 Å². The van der Waals surface area contributed by atoms with Crippen LogP contribution < -0.4 is 15.0 Å². The van der Waals surface area contributed by atoms with Crippen LogP contribution in [0.25, 0.3) is 22.2 Å². The molecule has 0 spiro atoms. The highest BCUT2D eigenvalue weighted by Gasteiger charge is 2.34. The second-order valence-corrected chi connectivity index (χ2v) is 8.69. The van der Waals surface area contributed by atoms with Crippen molar-refractivity contribution in [3.05, 3.63) is 41.3 Å². The number of hydrogen-bond acceptors (Lipinski definition) is 7. The van der Waals surface area contributed by atoms with Crippen LogP contribution in [0.4, 0.5) is 10.2 Å². The second kappa shape index (κ2) is 7.10. The van der Waals surface area contributed by atoms with Gasteiger partial charge in [-0.15, -0.1) is 0 Å². The number of ether oxygens (including phenoxy) is 1. The van der Waals surface area contributed by atoms with Gasteiger partial charge in [-0.1, -0.05) is 18.2 Å². The van der Waals surface area contributed by atoms with Crippen LogP contribution in [0.3, 0.4) is 0 Å². The molecule has 31 heavy (non-hydrogen) atoms. The molecule has 1 aromatic carbocycles. The molecule has 3 unspecified atom stereocenters. The molecule has 7 nitrogen and oxygen atoms in total. The van der Waals surface area contributed by atoms with Gasteiger partial charge in [0.05, 0.1) is 18.6 Å². The molecule has 160 valence electrons. The first-order valence-electron chi connectivity index (χ1n) is 10.8. The fourth-order valence-electron chi connectivity index (χ4n) is 5.37. The SMILES string of the molecule is COc1nc(N2CC3CCC(C2)N3)c2cnc(-c3cccc4c3CCC4O)c(F)c2n1. The smallest absolute Gasteiger partial charge is 0.318 e. The van der Waals surface area contributed by atoms with Gasteiger partial charge in [-0.05, 0) is 36.8 Å². The van der Waals surface area contributed by atoms with Crippen molar-refractivity contribution in [2.75, 3.05) is 25.1 Å². The molecule has 8 heteroatoms. The third-order valence-corrected chi connectivity index (χ3v) is 6.84. The number of piperazine rings is 1. The van der Waals surface area contributed by atoms with Crippen LogP contribution in [-0.4, -0.2) is 52.3 Å². The van der Waals surface area contributed by atoms with Gasteiger partial charge in [-0.3, -0.25) is 4.98 Å². The summed E-state index contributed by atoms with van der Waals surface area (Å²) in [5.74, 6) is 0.194. The van der Waals surface area contributed by atoms with Gasteiger partial charge in [0.2, 0.25) is 0 Å². The summed E-state index contributed by atoms with van der Waals surface area (Å²) in [6.45, 7) is 1.64. The summed E-state index contributed by atoms with van der Waals surface area (Å²) in [6, 6.07) is 6.60. The van der Waals surface area contributed by atoms with Crippen molar-refractivity contribution in [1.29, 1.82) is 0 Å². The van der Waals surface area contributed by atoms with Gasteiger partial charge >= 0.3 is 6.01 Å². The molecule has 2 N–H and O–H groups in total. The molecule has 0 amide bonds. The number of methoxy groups -OCH3 is 1. The maximum atomic E-state index is 15.8. The van der Waals surface area contributed by atoms with E-state index in [0.717, 1.165) is 37.1 Å². The van der Waals surface area contributed by atoms with E-state index >= 15 is 4.39 Å². The molecular formula is C23H24FN5O2. The van der Waals surface area contributed by atoms with Crippen LogP contribution in [0.15, 0.2) is 24.4 Å². The number of nitrogens with one attached hydrogen (secondary N) is 1. The third-order valence-electron chi connectivity index (χ3n) is 6.84. The average Bonchev–Trinajstić information content (AvgIpc) is 3.34. The number of aromatic nitrogens is 3. The predicted octanol–water partition coefficient (Wildman–Crippen LogP) is 2.76. The molecule has 2 aliphatic heterocycles. The molecule has 3 aromatic rings. The van der Waals surface area contributed by atoms with E-state index in [-0.39, 0.29) is 17.2 Å². The van der Waals surface area contributed by atoms with E-state index in [2.05, 4.69) is 25.2 Å². The lowest BCUT2D eigenvalue weighted by atomic mass is 9.99. The fourth-order valence-corrected chi connectivity index (χ4v) is 5.37. The lowest BCUT2D eigenvalue weighted by Crippen LogP contribution is -2.51. The molecule has 0 radical (unpaired) electrons. The summed E-state index contributed by atoms with van der Waals surface area (Å²) in [6.07, 6.45) is 4.81. The summed E-state index contributed by atoms with van der Waals surface area (Å²) in [4.78, 5) is 15.7. The number of nitrogens with zero attached hydrogens (tertiary/aromatic N) is 4. The van der Waals surface area contributed by atoms with Crippen LogP contribution in [0.5, 0.6) is 6.01 Å². The topological polar surface area (TPSA) is 83.4 Å². The molecule has 1 aliphatic carbocycles. The normalized spacial score (nSPS) is 24.6. The minimum atomic E-state index is -0.504. The maximum Gasteiger partial charge on any atom is 0.318 e. The van der Waals surface area contributed by atoms with Gasteiger partial charge in [0, 0.05) is 36.9 Å². The monoisotopic (exact) mass is 421 g/mol. The lowest BCUT2D eigenvalue weighted by Gasteiger charge is -2.34. The summed E-state index contributed by atoms with van der Waals surface area (Å²) in [7, 11) is 1.50. The molecule has 3 atom stereocenters. The van der Waals surface area contributed by atoms with Crippen LogP contribution >= 0.6 is 0 Å². The number of pyridine rings is 1. The van der Waals surface area contributed by atoms with Crippen molar-refractivity contribution in [1.82, 2.24) is 20.3 Å². The fraction of sp³-hybridized carbons (Fsp3) is 0.435. The number of benzene rings is 1. The zero-order valence-electron chi connectivity index (χ0n) is 17.3. The van der Waals surface area contributed by atoms with Crippen molar-refractivity contribution < 1.29 is 14.2 Å². The Morgan fingerprint density at radius 1 is 1.16 bits per heavy atom. The van der Waals surface area contributed by atoms with Gasteiger partial charge < -0.3 is 20.1 Å². The first kappa shape index (κ1) is 18.9.